The summed E-state index contributed by atoms with van der Waals surface area (Å²) in [7, 11) is 0. The van der Waals surface area contributed by atoms with Crippen molar-refractivity contribution in [2.75, 3.05) is 0 Å². The first-order valence-corrected chi connectivity index (χ1v) is 18.5. The second-order valence-electron chi connectivity index (χ2n) is 14.8. The summed E-state index contributed by atoms with van der Waals surface area (Å²) in [5.74, 6) is 1.40. The molecule has 2 aromatic rings. The first-order valence-electron chi connectivity index (χ1n) is 18.5. The van der Waals surface area contributed by atoms with Crippen molar-refractivity contribution in [3.63, 3.8) is 0 Å². The van der Waals surface area contributed by atoms with Crippen molar-refractivity contribution in [2.24, 2.45) is 17.8 Å². The summed E-state index contributed by atoms with van der Waals surface area (Å²) in [5, 5.41) is 1.42. The molecule has 2 nitrogen and oxygen atoms in total. The summed E-state index contributed by atoms with van der Waals surface area (Å²) in [6.45, 7) is 0. The van der Waals surface area contributed by atoms with Gasteiger partial charge in [-0.25, -0.2) is 0 Å². The number of fused-ring (bicyclic) bond motifs is 6. The van der Waals surface area contributed by atoms with Crippen LogP contribution in [0.15, 0.2) is 155 Å². The molecule has 0 amide bonds. The topological polar surface area (TPSA) is 8.17 Å². The smallest absolute Gasteiger partial charge is 0.0545 e. The Balaban J connectivity index is 1.15. The lowest BCUT2D eigenvalue weighted by molar-refractivity contribution is 0.234. The van der Waals surface area contributed by atoms with E-state index in [1.165, 1.54) is 81.5 Å². The van der Waals surface area contributed by atoms with Gasteiger partial charge in [0, 0.05) is 46.6 Å². The van der Waals surface area contributed by atoms with Gasteiger partial charge in [-0.15, -0.1) is 0 Å². The number of allylic oxidation sites excluding steroid dienone is 18. The lowest BCUT2D eigenvalue weighted by Gasteiger charge is -2.40. The van der Waals surface area contributed by atoms with E-state index < -0.39 is 0 Å². The standard InChI is InChI=1S/C46H44N2/c1-2-14-31(15-3-1)35-26-27-36(38-17-5-4-16-37(35)38)32-28-33(47-43-22-10-6-18-39(43)40-19-7-11-23-44(40)47)30-34(29-32)48-45-24-12-8-20-41(45)42-21-9-13-25-46(42)48/h2,4-6,10-18,22-29,34-35,37,41,45H,1,3,7-9,19-21,30H2. The van der Waals surface area contributed by atoms with Crippen LogP contribution in [-0.4, -0.2) is 21.6 Å². The first-order chi connectivity index (χ1) is 23.8. The highest BCUT2D eigenvalue weighted by molar-refractivity contribution is 5.92. The minimum absolute atomic E-state index is 0.277. The minimum Gasteiger partial charge on any atom is -0.358 e. The Morgan fingerprint density at radius 2 is 1.65 bits per heavy atom. The van der Waals surface area contributed by atoms with Gasteiger partial charge >= 0.3 is 0 Å². The fourth-order valence-corrected chi connectivity index (χ4v) is 10.1. The summed E-state index contributed by atoms with van der Waals surface area (Å²) >= 11 is 0. The quantitative estimate of drug-likeness (QED) is 0.307. The number of aromatic nitrogens is 1. The molecule has 2 heteroatoms. The van der Waals surface area contributed by atoms with Gasteiger partial charge in [-0.05, 0) is 109 Å². The maximum atomic E-state index is 2.83. The number of para-hydroxylation sites is 1. The summed E-state index contributed by atoms with van der Waals surface area (Å²) in [6.07, 6.45) is 51.8. The highest BCUT2D eigenvalue weighted by Gasteiger charge is 2.43. The van der Waals surface area contributed by atoms with E-state index in [1.54, 1.807) is 5.57 Å². The third kappa shape index (κ3) is 4.45. The van der Waals surface area contributed by atoms with Gasteiger partial charge in [0.1, 0.15) is 0 Å². The number of rotatable bonds is 4. The molecule has 2 heterocycles. The highest BCUT2D eigenvalue weighted by Crippen LogP contribution is 2.49. The van der Waals surface area contributed by atoms with Crippen LogP contribution < -0.4 is 0 Å². The fraction of sp³-hybridized carbons (Fsp3) is 0.304. The van der Waals surface area contributed by atoms with Gasteiger partial charge in [0.15, 0.2) is 0 Å². The molecular formula is C46H44N2. The van der Waals surface area contributed by atoms with Gasteiger partial charge in [0.25, 0.3) is 0 Å². The molecular weight excluding hydrogens is 581 g/mol. The summed E-state index contributed by atoms with van der Waals surface area (Å²) in [4.78, 5) is 2.83. The predicted octanol–water partition coefficient (Wildman–Crippen LogP) is 10.9. The van der Waals surface area contributed by atoms with E-state index in [4.69, 9.17) is 0 Å². The van der Waals surface area contributed by atoms with E-state index in [1.807, 2.05) is 0 Å². The number of hydrogen-bond acceptors (Lipinski definition) is 1. The van der Waals surface area contributed by atoms with Gasteiger partial charge in [0.2, 0.25) is 0 Å². The first kappa shape index (κ1) is 28.5. The van der Waals surface area contributed by atoms with E-state index in [0.29, 0.717) is 23.8 Å². The van der Waals surface area contributed by atoms with Crippen molar-refractivity contribution in [3.8, 4) is 0 Å². The Hall–Kier alpha value is -4.56. The Morgan fingerprint density at radius 1 is 0.729 bits per heavy atom. The van der Waals surface area contributed by atoms with Gasteiger partial charge in [-0.3, -0.25) is 0 Å². The molecule has 0 fully saturated rings. The van der Waals surface area contributed by atoms with Crippen molar-refractivity contribution in [1.29, 1.82) is 0 Å². The largest absolute Gasteiger partial charge is 0.358 e. The molecule has 1 aromatic carbocycles. The predicted molar refractivity (Wildman–Crippen MR) is 201 cm³/mol. The molecule has 0 saturated heterocycles. The van der Waals surface area contributed by atoms with Crippen LogP contribution in [0.4, 0.5) is 0 Å². The molecule has 0 spiro atoms. The molecule has 7 aliphatic carbocycles. The zero-order valence-corrected chi connectivity index (χ0v) is 27.8. The number of benzene rings is 1. The van der Waals surface area contributed by atoms with E-state index in [0.717, 1.165) is 32.1 Å². The number of aryl methyl sites for hydroxylation is 1. The highest BCUT2D eigenvalue weighted by atomic mass is 15.2. The Labute approximate surface area is 285 Å². The van der Waals surface area contributed by atoms with Crippen molar-refractivity contribution >= 4 is 22.7 Å². The molecule has 238 valence electrons. The average Bonchev–Trinajstić information content (AvgIpc) is 3.68. The van der Waals surface area contributed by atoms with Crippen LogP contribution in [0.25, 0.3) is 22.7 Å². The SMILES string of the molecule is C1=CC2=C(C3=CC(N4C5=C(CCC=C5)C5CCC=CC54)CC(n4c5c(c6ccccc64)CCC=C5)=C3)C=CC(C3=CCCC=C3)C2C=C1. The third-order valence-electron chi connectivity index (χ3n) is 12.2. The van der Waals surface area contributed by atoms with Crippen LogP contribution in [0, 0.1) is 17.8 Å². The Morgan fingerprint density at radius 3 is 2.60 bits per heavy atom. The average molecular weight is 625 g/mol. The van der Waals surface area contributed by atoms with E-state index in [-0.39, 0.29) is 6.04 Å². The Bertz CT molecular complexity index is 2080. The summed E-state index contributed by atoms with van der Waals surface area (Å²) < 4.78 is 2.63. The molecule has 5 atom stereocenters. The molecule has 1 aromatic heterocycles. The van der Waals surface area contributed by atoms with E-state index in [9.17, 15) is 0 Å². The van der Waals surface area contributed by atoms with Crippen LogP contribution >= 0.6 is 0 Å². The van der Waals surface area contributed by atoms with Gasteiger partial charge in [0.05, 0.1) is 17.6 Å². The molecule has 1 aliphatic heterocycles. The number of nitrogens with zero attached hydrogens (tertiary/aromatic N) is 2. The summed E-state index contributed by atoms with van der Waals surface area (Å²) in [5.41, 5.74) is 14.6. The van der Waals surface area contributed by atoms with Crippen molar-refractivity contribution in [1.82, 2.24) is 9.47 Å². The van der Waals surface area contributed by atoms with Crippen molar-refractivity contribution in [3.05, 3.63) is 166 Å². The molecule has 0 radical (unpaired) electrons. The minimum atomic E-state index is 0.277. The van der Waals surface area contributed by atoms with E-state index >= 15 is 0 Å². The normalized spacial score (nSPS) is 30.0. The number of hydrogen-bond donors (Lipinski definition) is 0. The third-order valence-corrected chi connectivity index (χ3v) is 12.2. The Kier molecular flexibility index (Phi) is 6.85. The molecule has 0 N–H and O–H groups in total. The van der Waals surface area contributed by atoms with Gasteiger partial charge in [-0.2, -0.15) is 0 Å². The second-order valence-corrected chi connectivity index (χ2v) is 14.8. The zero-order chi connectivity index (χ0) is 31.6. The van der Waals surface area contributed by atoms with Crippen molar-refractivity contribution < 1.29 is 0 Å². The van der Waals surface area contributed by atoms with Gasteiger partial charge in [-0.1, -0.05) is 103 Å². The molecule has 0 saturated carbocycles. The van der Waals surface area contributed by atoms with Crippen LogP contribution in [0.1, 0.15) is 62.6 Å². The van der Waals surface area contributed by atoms with Crippen LogP contribution in [0.2, 0.25) is 0 Å². The molecule has 48 heavy (non-hydrogen) atoms. The zero-order valence-electron chi connectivity index (χ0n) is 27.8. The van der Waals surface area contributed by atoms with Crippen LogP contribution in [0.3, 0.4) is 0 Å². The second kappa shape index (κ2) is 11.5. The molecule has 5 unspecified atom stereocenters. The molecule has 10 rings (SSSR count). The maximum Gasteiger partial charge on any atom is 0.0545 e. The summed E-state index contributed by atoms with van der Waals surface area (Å²) in [6, 6.07) is 9.85. The van der Waals surface area contributed by atoms with Gasteiger partial charge < -0.3 is 9.47 Å². The molecule has 8 aliphatic rings. The van der Waals surface area contributed by atoms with Crippen LogP contribution in [0.5, 0.6) is 0 Å². The lowest BCUT2D eigenvalue weighted by atomic mass is 9.71. The lowest BCUT2D eigenvalue weighted by Crippen LogP contribution is -2.41. The molecule has 0 bridgehead atoms. The van der Waals surface area contributed by atoms with Crippen LogP contribution in [-0.2, 0) is 6.42 Å². The maximum absolute atomic E-state index is 2.83. The van der Waals surface area contributed by atoms with Crippen molar-refractivity contribution in [2.45, 2.75) is 69.9 Å². The monoisotopic (exact) mass is 624 g/mol. The fourth-order valence-electron chi connectivity index (χ4n) is 10.1. The van der Waals surface area contributed by atoms with E-state index in [2.05, 4.69) is 137 Å².